The summed E-state index contributed by atoms with van der Waals surface area (Å²) in [4.78, 5) is 12.0. The molecule has 1 rings (SSSR count). The molecule has 0 saturated carbocycles. The van der Waals surface area contributed by atoms with Crippen molar-refractivity contribution in [3.05, 3.63) is 27.3 Å². The largest absolute Gasteiger partial charge is 0.507 e. The number of halogens is 2. The lowest BCUT2D eigenvalue weighted by Gasteiger charge is -2.09. The number of alkyl halides is 1. The maximum absolute atomic E-state index is 11.7. The third kappa shape index (κ3) is 3.93. The Bertz CT molecular complexity index is 384. The number of phenols is 1. The Labute approximate surface area is 117 Å². The molecule has 3 nitrogen and oxygen atoms in total. The van der Waals surface area contributed by atoms with E-state index in [1.54, 1.807) is 12.1 Å². The minimum atomic E-state index is -0.162. The molecule has 0 fully saturated rings. The highest BCUT2D eigenvalue weighted by Gasteiger charge is 2.09. The number of rotatable bonds is 4. The average Bonchev–Trinajstić information content (AvgIpc) is 2.29. The second-order valence-corrected chi connectivity index (χ2v) is 5.84. The van der Waals surface area contributed by atoms with Gasteiger partial charge in [-0.25, -0.2) is 0 Å². The zero-order valence-corrected chi connectivity index (χ0v) is 12.6. The molecule has 1 amide bonds. The van der Waals surface area contributed by atoms with Gasteiger partial charge < -0.3 is 10.4 Å². The summed E-state index contributed by atoms with van der Waals surface area (Å²) >= 11 is 5.45. The molecule has 16 heavy (non-hydrogen) atoms. The van der Waals surface area contributed by atoms with Gasteiger partial charge in [-0.3, -0.25) is 4.79 Å². The van der Waals surface area contributed by atoms with Crippen LogP contribution in [0, 0.1) is 3.57 Å². The van der Waals surface area contributed by atoms with E-state index in [-0.39, 0.29) is 16.5 Å². The topological polar surface area (TPSA) is 49.3 Å². The average molecular weight is 398 g/mol. The normalized spacial score (nSPS) is 12.2. The maximum Gasteiger partial charge on any atom is 0.251 e. The van der Waals surface area contributed by atoms with Gasteiger partial charge in [0.2, 0.25) is 0 Å². The van der Waals surface area contributed by atoms with E-state index < -0.39 is 0 Å². The van der Waals surface area contributed by atoms with Gasteiger partial charge in [-0.2, -0.15) is 0 Å². The predicted octanol–water partition coefficient (Wildman–Crippen LogP) is 2.90. The number of carbonyl (C=O) groups is 1. The highest BCUT2D eigenvalue weighted by Crippen LogP contribution is 2.20. The molecule has 1 aromatic carbocycles. The summed E-state index contributed by atoms with van der Waals surface area (Å²) in [6.07, 6.45) is 0.957. The van der Waals surface area contributed by atoms with Gasteiger partial charge in [0.25, 0.3) is 5.91 Å². The van der Waals surface area contributed by atoms with E-state index in [9.17, 15) is 9.90 Å². The van der Waals surface area contributed by atoms with E-state index in [4.69, 9.17) is 0 Å². The molecule has 1 atom stereocenters. The predicted molar refractivity (Wildman–Crippen MR) is 76.2 cm³/mol. The molecule has 0 aliphatic rings. The van der Waals surface area contributed by atoms with Crippen LogP contribution in [0.4, 0.5) is 0 Å². The molecule has 0 aromatic heterocycles. The molecule has 1 unspecified atom stereocenters. The van der Waals surface area contributed by atoms with Crippen molar-refractivity contribution in [1.29, 1.82) is 0 Å². The first-order valence-electron chi connectivity index (χ1n) is 4.95. The third-order valence-electron chi connectivity index (χ3n) is 2.14. The van der Waals surface area contributed by atoms with Crippen molar-refractivity contribution < 1.29 is 9.90 Å². The molecule has 1 aromatic rings. The molecule has 0 spiro atoms. The lowest BCUT2D eigenvalue weighted by molar-refractivity contribution is 0.0953. The fourth-order valence-corrected chi connectivity index (χ4v) is 1.60. The van der Waals surface area contributed by atoms with Crippen LogP contribution in [0.2, 0.25) is 0 Å². The summed E-state index contributed by atoms with van der Waals surface area (Å²) in [5.41, 5.74) is 0.480. The van der Waals surface area contributed by atoms with Crippen LogP contribution in [-0.4, -0.2) is 22.4 Å². The zero-order valence-electron chi connectivity index (χ0n) is 8.84. The number of aromatic hydroxyl groups is 1. The standard InChI is InChI=1S/C11H13BrINO2/c1-2-8(12)6-14-11(16)7-3-4-9(13)10(15)5-7/h3-5,8,15H,2,6H2,1H3,(H,14,16). The number of carbonyl (C=O) groups excluding carboxylic acids is 1. The van der Waals surface area contributed by atoms with Crippen molar-refractivity contribution in [2.45, 2.75) is 18.2 Å². The van der Waals surface area contributed by atoms with Gasteiger partial charge in [0.05, 0.1) is 3.57 Å². The third-order valence-corrected chi connectivity index (χ3v) is 4.02. The van der Waals surface area contributed by atoms with Gasteiger partial charge in [0.1, 0.15) is 5.75 Å². The monoisotopic (exact) mass is 397 g/mol. The molecule has 0 aliphatic carbocycles. The van der Waals surface area contributed by atoms with E-state index in [1.807, 2.05) is 29.5 Å². The first-order valence-corrected chi connectivity index (χ1v) is 6.94. The van der Waals surface area contributed by atoms with Crippen molar-refractivity contribution in [3.63, 3.8) is 0 Å². The van der Waals surface area contributed by atoms with E-state index in [1.165, 1.54) is 6.07 Å². The fourth-order valence-electron chi connectivity index (χ4n) is 1.10. The minimum absolute atomic E-state index is 0.138. The molecule has 0 saturated heterocycles. The Morgan fingerprint density at radius 3 is 2.88 bits per heavy atom. The lowest BCUT2D eigenvalue weighted by atomic mass is 10.2. The molecule has 2 N–H and O–H groups in total. The van der Waals surface area contributed by atoms with Crippen LogP contribution in [0.25, 0.3) is 0 Å². The highest BCUT2D eigenvalue weighted by atomic mass is 127. The summed E-state index contributed by atoms with van der Waals surface area (Å²) < 4.78 is 0.737. The highest BCUT2D eigenvalue weighted by molar-refractivity contribution is 14.1. The number of hydrogen-bond acceptors (Lipinski definition) is 2. The summed E-state index contributed by atoms with van der Waals surface area (Å²) in [5, 5.41) is 12.3. The van der Waals surface area contributed by atoms with Crippen LogP contribution in [0.1, 0.15) is 23.7 Å². The van der Waals surface area contributed by atoms with Crippen molar-refractivity contribution in [3.8, 4) is 5.75 Å². The second kappa shape index (κ2) is 6.44. The number of phenolic OH excluding ortho intramolecular Hbond substituents is 1. The number of benzene rings is 1. The van der Waals surface area contributed by atoms with Crippen LogP contribution < -0.4 is 5.32 Å². The van der Waals surface area contributed by atoms with Gasteiger partial charge in [0, 0.05) is 16.9 Å². The summed E-state index contributed by atoms with van der Waals surface area (Å²) in [5.74, 6) is -0.0243. The van der Waals surface area contributed by atoms with Crippen molar-refractivity contribution in [2.75, 3.05) is 6.54 Å². The summed E-state index contributed by atoms with van der Waals surface area (Å²) in [7, 11) is 0. The van der Waals surface area contributed by atoms with Gasteiger partial charge in [-0.05, 0) is 47.2 Å². The van der Waals surface area contributed by atoms with Crippen LogP contribution in [0.5, 0.6) is 5.75 Å². The molecular weight excluding hydrogens is 385 g/mol. The van der Waals surface area contributed by atoms with Gasteiger partial charge in [0.15, 0.2) is 0 Å². The molecule has 0 aliphatic heterocycles. The van der Waals surface area contributed by atoms with Crippen molar-refractivity contribution >= 4 is 44.4 Å². The minimum Gasteiger partial charge on any atom is -0.507 e. The van der Waals surface area contributed by atoms with Crippen LogP contribution in [0.3, 0.4) is 0 Å². The molecule has 0 radical (unpaired) electrons. The Morgan fingerprint density at radius 2 is 2.31 bits per heavy atom. The lowest BCUT2D eigenvalue weighted by Crippen LogP contribution is -2.29. The molecule has 5 heteroatoms. The smallest absolute Gasteiger partial charge is 0.251 e. The van der Waals surface area contributed by atoms with Gasteiger partial charge in [-0.1, -0.05) is 22.9 Å². The van der Waals surface area contributed by atoms with E-state index in [0.29, 0.717) is 12.1 Å². The van der Waals surface area contributed by atoms with Gasteiger partial charge in [-0.15, -0.1) is 0 Å². The van der Waals surface area contributed by atoms with E-state index in [2.05, 4.69) is 21.2 Å². The summed E-state index contributed by atoms with van der Waals surface area (Å²) in [6.45, 7) is 2.63. The first kappa shape index (κ1) is 13.8. The van der Waals surface area contributed by atoms with Crippen LogP contribution >= 0.6 is 38.5 Å². The van der Waals surface area contributed by atoms with E-state index >= 15 is 0 Å². The maximum atomic E-state index is 11.7. The Kier molecular flexibility index (Phi) is 5.54. The summed E-state index contributed by atoms with van der Waals surface area (Å²) in [6, 6.07) is 4.90. The number of hydrogen-bond donors (Lipinski definition) is 2. The SMILES string of the molecule is CCC(Br)CNC(=O)c1ccc(I)c(O)c1. The first-order chi connectivity index (χ1) is 7.54. The Balaban J connectivity index is 2.63. The second-order valence-electron chi connectivity index (χ2n) is 3.38. The van der Waals surface area contributed by atoms with Gasteiger partial charge >= 0.3 is 0 Å². The molecule has 0 heterocycles. The molecule has 88 valence electrons. The Hall–Kier alpha value is -0.300. The number of amides is 1. The van der Waals surface area contributed by atoms with E-state index in [0.717, 1.165) is 9.99 Å². The molecular formula is C11H13BrINO2. The molecule has 0 bridgehead atoms. The van der Waals surface area contributed by atoms with Crippen molar-refractivity contribution in [1.82, 2.24) is 5.32 Å². The Morgan fingerprint density at radius 1 is 1.62 bits per heavy atom. The zero-order chi connectivity index (χ0) is 12.1. The van der Waals surface area contributed by atoms with Crippen LogP contribution in [-0.2, 0) is 0 Å². The number of nitrogens with one attached hydrogen (secondary N) is 1. The van der Waals surface area contributed by atoms with Crippen molar-refractivity contribution in [2.24, 2.45) is 0 Å². The fraction of sp³-hybridized carbons (Fsp3) is 0.364. The van der Waals surface area contributed by atoms with Crippen LogP contribution in [0.15, 0.2) is 18.2 Å². The quantitative estimate of drug-likeness (QED) is 0.606.